The molecule has 2 aromatic rings. The summed E-state index contributed by atoms with van der Waals surface area (Å²) in [6.45, 7) is 0. The van der Waals surface area contributed by atoms with Gasteiger partial charge in [-0.1, -0.05) is 11.6 Å². The molecule has 0 aliphatic heterocycles. The second-order valence-corrected chi connectivity index (χ2v) is 3.94. The van der Waals surface area contributed by atoms with E-state index in [2.05, 4.69) is 9.97 Å². The van der Waals surface area contributed by atoms with Crippen LogP contribution in [0.3, 0.4) is 0 Å². The summed E-state index contributed by atoms with van der Waals surface area (Å²) in [6.07, 6.45) is 2.10. The van der Waals surface area contributed by atoms with Gasteiger partial charge >= 0.3 is 12.0 Å². The largest absolute Gasteiger partial charge is 0.478 e. The Kier molecular flexibility index (Phi) is 3.76. The number of carboxylic acids is 1. The highest BCUT2D eigenvalue weighted by atomic mass is 35.5. The van der Waals surface area contributed by atoms with E-state index in [1.807, 2.05) is 0 Å². The van der Waals surface area contributed by atoms with Gasteiger partial charge in [0.2, 0.25) is 0 Å². The quantitative estimate of drug-likeness (QED) is 0.680. The van der Waals surface area contributed by atoms with Gasteiger partial charge in [-0.2, -0.15) is 0 Å². The molecule has 1 aromatic carbocycles. The summed E-state index contributed by atoms with van der Waals surface area (Å²) in [6, 6.07) is 3.48. The zero-order chi connectivity index (χ0) is 14.7. The first-order valence-electron chi connectivity index (χ1n) is 5.14. The molecule has 0 atom stereocenters. The molecule has 0 saturated carbocycles. The molecule has 2 rings (SSSR count). The molecule has 1 heterocycles. The molecular weight excluding hydrogens is 290 g/mol. The Bertz CT molecular complexity index is 674. The monoisotopic (exact) mass is 295 g/mol. The lowest BCUT2D eigenvalue weighted by atomic mass is 10.3. The summed E-state index contributed by atoms with van der Waals surface area (Å²) in [5.41, 5.74) is -0.311. The topological polar surface area (TPSA) is 115 Å². The minimum Gasteiger partial charge on any atom is -0.478 e. The second kappa shape index (κ2) is 5.49. The highest BCUT2D eigenvalue weighted by Crippen LogP contribution is 2.31. The van der Waals surface area contributed by atoms with Crippen LogP contribution in [0.25, 0.3) is 0 Å². The maximum Gasteiger partial charge on any atom is 0.338 e. The molecule has 20 heavy (non-hydrogen) atoms. The minimum absolute atomic E-state index is 0.00365. The average molecular weight is 296 g/mol. The van der Waals surface area contributed by atoms with E-state index in [0.717, 1.165) is 18.5 Å². The van der Waals surface area contributed by atoms with Crippen LogP contribution in [0.15, 0.2) is 30.6 Å². The third kappa shape index (κ3) is 2.98. The van der Waals surface area contributed by atoms with E-state index in [9.17, 15) is 14.9 Å². The van der Waals surface area contributed by atoms with E-state index >= 15 is 0 Å². The first-order chi connectivity index (χ1) is 9.47. The standard InChI is InChI=1S/C11H6ClN3O5/c12-8-2-1-7(15(18)19)3-9(8)20-11-13-4-6(5-14-11)10(16)17/h1-5H,(H,16,17). The Hall–Kier alpha value is -2.74. The van der Waals surface area contributed by atoms with Gasteiger partial charge in [0.25, 0.3) is 5.69 Å². The molecule has 0 unspecified atom stereocenters. The Morgan fingerprint density at radius 2 is 2.00 bits per heavy atom. The molecule has 0 fully saturated rings. The molecule has 1 N–H and O–H groups in total. The normalized spacial score (nSPS) is 10.1. The number of hydrogen-bond donors (Lipinski definition) is 1. The van der Waals surface area contributed by atoms with Crippen molar-refractivity contribution in [3.63, 3.8) is 0 Å². The van der Waals surface area contributed by atoms with Crippen LogP contribution < -0.4 is 4.74 Å². The number of rotatable bonds is 4. The van der Waals surface area contributed by atoms with Gasteiger partial charge < -0.3 is 9.84 Å². The zero-order valence-electron chi connectivity index (χ0n) is 9.69. The van der Waals surface area contributed by atoms with Crippen LogP contribution in [0, 0.1) is 10.1 Å². The lowest BCUT2D eigenvalue weighted by molar-refractivity contribution is -0.384. The van der Waals surface area contributed by atoms with Gasteiger partial charge in [0, 0.05) is 18.5 Å². The number of aromatic carboxylic acids is 1. The predicted molar refractivity (Wildman–Crippen MR) is 67.2 cm³/mol. The fraction of sp³-hybridized carbons (Fsp3) is 0. The summed E-state index contributed by atoms with van der Waals surface area (Å²) in [5, 5.41) is 19.5. The van der Waals surface area contributed by atoms with E-state index in [-0.39, 0.29) is 28.0 Å². The molecule has 1 aromatic heterocycles. The van der Waals surface area contributed by atoms with E-state index in [4.69, 9.17) is 21.4 Å². The summed E-state index contributed by atoms with van der Waals surface area (Å²) >= 11 is 5.84. The third-order valence-corrected chi connectivity index (χ3v) is 2.51. The highest BCUT2D eigenvalue weighted by molar-refractivity contribution is 6.32. The lowest BCUT2D eigenvalue weighted by Crippen LogP contribution is -2.00. The van der Waals surface area contributed by atoms with Crippen molar-refractivity contribution in [3.05, 3.63) is 51.3 Å². The SMILES string of the molecule is O=C(O)c1cnc(Oc2cc([N+](=O)[O-])ccc2Cl)nc1. The average Bonchev–Trinajstić information content (AvgIpc) is 2.41. The Morgan fingerprint density at radius 1 is 1.35 bits per heavy atom. The third-order valence-electron chi connectivity index (χ3n) is 2.20. The maximum absolute atomic E-state index is 10.6. The van der Waals surface area contributed by atoms with Gasteiger partial charge in [-0.15, -0.1) is 0 Å². The number of hydrogen-bond acceptors (Lipinski definition) is 6. The minimum atomic E-state index is -1.18. The molecular formula is C11H6ClN3O5. The first-order valence-corrected chi connectivity index (χ1v) is 5.52. The fourth-order valence-corrected chi connectivity index (χ4v) is 1.42. The van der Waals surface area contributed by atoms with Crippen LogP contribution in [0.1, 0.15) is 10.4 Å². The van der Waals surface area contributed by atoms with E-state index in [1.165, 1.54) is 12.1 Å². The lowest BCUT2D eigenvalue weighted by Gasteiger charge is -2.05. The Morgan fingerprint density at radius 3 is 2.55 bits per heavy atom. The van der Waals surface area contributed by atoms with E-state index in [1.54, 1.807) is 0 Å². The summed E-state index contributed by atoms with van der Waals surface area (Å²) in [7, 11) is 0. The molecule has 9 heteroatoms. The van der Waals surface area contributed by atoms with Gasteiger partial charge in [-0.25, -0.2) is 14.8 Å². The van der Waals surface area contributed by atoms with Gasteiger partial charge in [-0.05, 0) is 6.07 Å². The summed E-state index contributed by atoms with van der Waals surface area (Å²) in [5.74, 6) is -1.17. The van der Waals surface area contributed by atoms with E-state index < -0.39 is 10.9 Å². The van der Waals surface area contributed by atoms with Crippen molar-refractivity contribution in [2.24, 2.45) is 0 Å². The van der Waals surface area contributed by atoms with Crippen molar-refractivity contribution in [1.82, 2.24) is 9.97 Å². The fourth-order valence-electron chi connectivity index (χ4n) is 1.26. The number of ether oxygens (including phenoxy) is 1. The van der Waals surface area contributed by atoms with Crippen LogP contribution in [-0.2, 0) is 0 Å². The van der Waals surface area contributed by atoms with Gasteiger partial charge in [0.05, 0.1) is 21.6 Å². The van der Waals surface area contributed by atoms with Crippen LogP contribution in [-0.4, -0.2) is 26.0 Å². The Labute approximate surface area is 116 Å². The van der Waals surface area contributed by atoms with Crippen LogP contribution in [0.4, 0.5) is 5.69 Å². The maximum atomic E-state index is 10.6. The molecule has 0 saturated heterocycles. The first kappa shape index (κ1) is 13.7. The second-order valence-electron chi connectivity index (χ2n) is 3.53. The van der Waals surface area contributed by atoms with Gasteiger partial charge in [0.1, 0.15) is 0 Å². The van der Waals surface area contributed by atoms with Crippen LogP contribution >= 0.6 is 11.6 Å². The molecule has 102 valence electrons. The van der Waals surface area contributed by atoms with Crippen molar-refractivity contribution in [1.29, 1.82) is 0 Å². The molecule has 8 nitrogen and oxygen atoms in total. The zero-order valence-corrected chi connectivity index (χ0v) is 10.4. The van der Waals surface area contributed by atoms with Crippen molar-refractivity contribution < 1.29 is 19.6 Å². The van der Waals surface area contributed by atoms with Crippen LogP contribution in [0.2, 0.25) is 5.02 Å². The number of benzene rings is 1. The number of nitrogens with zero attached hydrogens (tertiary/aromatic N) is 3. The number of carbonyl (C=O) groups is 1. The number of nitro groups is 1. The molecule has 0 aliphatic carbocycles. The van der Waals surface area contributed by atoms with E-state index in [0.29, 0.717) is 0 Å². The molecule has 0 aliphatic rings. The summed E-state index contributed by atoms with van der Waals surface area (Å²) in [4.78, 5) is 28.0. The molecule has 0 bridgehead atoms. The van der Waals surface area contributed by atoms with Crippen molar-refractivity contribution in [3.8, 4) is 11.8 Å². The molecule has 0 amide bonds. The number of halogens is 1. The summed E-state index contributed by atoms with van der Waals surface area (Å²) < 4.78 is 5.18. The number of aromatic nitrogens is 2. The van der Waals surface area contributed by atoms with Gasteiger partial charge in [0.15, 0.2) is 5.75 Å². The predicted octanol–water partition coefficient (Wildman–Crippen LogP) is 2.53. The highest BCUT2D eigenvalue weighted by Gasteiger charge is 2.13. The number of nitro benzene ring substituents is 1. The van der Waals surface area contributed by atoms with Gasteiger partial charge in [-0.3, -0.25) is 10.1 Å². The molecule has 0 spiro atoms. The number of carboxylic acid groups (broad SMARTS) is 1. The number of non-ortho nitro benzene ring substituents is 1. The Balaban J connectivity index is 2.27. The smallest absolute Gasteiger partial charge is 0.338 e. The van der Waals surface area contributed by atoms with Crippen molar-refractivity contribution >= 4 is 23.3 Å². The van der Waals surface area contributed by atoms with Crippen molar-refractivity contribution in [2.75, 3.05) is 0 Å². The molecule has 0 radical (unpaired) electrons. The van der Waals surface area contributed by atoms with Crippen molar-refractivity contribution in [2.45, 2.75) is 0 Å². The van der Waals surface area contributed by atoms with Crippen LogP contribution in [0.5, 0.6) is 11.8 Å².